The highest BCUT2D eigenvalue weighted by molar-refractivity contribution is 7.93. The maximum Gasteiger partial charge on any atom is 0.323 e. The number of carboxylic acids is 1. The zero-order valence-corrected chi connectivity index (χ0v) is 28.6. The molecule has 1 saturated carbocycles. The van der Waals surface area contributed by atoms with Crippen molar-refractivity contribution in [1.82, 2.24) is 14.9 Å². The normalized spacial score (nSPS) is 21.4. The van der Waals surface area contributed by atoms with Gasteiger partial charge in [0.15, 0.2) is 5.82 Å². The Balaban J connectivity index is 0.997. The summed E-state index contributed by atoms with van der Waals surface area (Å²) in [6.07, 6.45) is 16.5. The van der Waals surface area contributed by atoms with Crippen molar-refractivity contribution in [3.05, 3.63) is 90.3 Å². The van der Waals surface area contributed by atoms with E-state index >= 15 is 0 Å². The minimum atomic E-state index is -3.96. The Morgan fingerprint density at radius 3 is 2.27 bits per heavy atom. The second-order valence-corrected chi connectivity index (χ2v) is 15.6. The van der Waals surface area contributed by atoms with Crippen LogP contribution in [-0.4, -0.2) is 53.4 Å². The van der Waals surface area contributed by atoms with Crippen LogP contribution in [0.5, 0.6) is 0 Å². The number of hydrogen-bond acceptors (Lipinski definition) is 6. The molecule has 0 spiro atoms. The average Bonchev–Trinajstić information content (AvgIpc) is 3.34. The van der Waals surface area contributed by atoms with E-state index in [4.69, 9.17) is 0 Å². The third-order valence-electron chi connectivity index (χ3n) is 10.8. The summed E-state index contributed by atoms with van der Waals surface area (Å²) in [6, 6.07) is 17.6. The fourth-order valence-corrected chi connectivity index (χ4v) is 9.64. The van der Waals surface area contributed by atoms with Crippen molar-refractivity contribution in [2.24, 2.45) is 17.8 Å². The lowest BCUT2D eigenvalue weighted by Gasteiger charge is -2.35. The summed E-state index contributed by atoms with van der Waals surface area (Å²) in [5.74, 6) is 1.39. The van der Waals surface area contributed by atoms with E-state index in [0.29, 0.717) is 22.5 Å². The maximum absolute atomic E-state index is 13.5. The summed E-state index contributed by atoms with van der Waals surface area (Å²) in [7, 11) is -3.96. The molecular formula is C39H42N4O5S. The molecule has 0 radical (unpaired) electrons. The molecule has 7 rings (SSSR count). The molecule has 49 heavy (non-hydrogen) atoms. The zero-order chi connectivity index (χ0) is 34.1. The van der Waals surface area contributed by atoms with Gasteiger partial charge in [0, 0.05) is 35.5 Å². The van der Waals surface area contributed by atoms with Gasteiger partial charge in [-0.15, -0.1) is 0 Å². The van der Waals surface area contributed by atoms with Crippen LogP contribution in [0.15, 0.2) is 84.0 Å². The van der Waals surface area contributed by atoms with Crippen LogP contribution in [0.3, 0.4) is 0 Å². The number of aromatic nitrogens is 2. The molecule has 2 aliphatic carbocycles. The summed E-state index contributed by atoms with van der Waals surface area (Å²) in [4.78, 5) is 35.9. The maximum atomic E-state index is 13.5. The van der Waals surface area contributed by atoms with Crippen molar-refractivity contribution in [2.45, 2.75) is 69.7 Å². The highest BCUT2D eigenvalue weighted by atomic mass is 32.2. The Morgan fingerprint density at radius 2 is 1.61 bits per heavy atom. The molecular weight excluding hydrogens is 637 g/mol. The molecule has 1 unspecified atom stereocenters. The molecule has 3 aromatic carbocycles. The van der Waals surface area contributed by atoms with Crippen LogP contribution < -0.4 is 4.31 Å². The van der Waals surface area contributed by atoms with Crippen molar-refractivity contribution >= 4 is 43.9 Å². The van der Waals surface area contributed by atoms with Gasteiger partial charge in [-0.3, -0.25) is 13.9 Å². The molecule has 1 fully saturated rings. The van der Waals surface area contributed by atoms with Crippen LogP contribution in [0.4, 0.5) is 5.69 Å². The van der Waals surface area contributed by atoms with Crippen molar-refractivity contribution in [2.75, 3.05) is 17.4 Å². The summed E-state index contributed by atoms with van der Waals surface area (Å²) < 4.78 is 27.9. The quantitative estimate of drug-likeness (QED) is 0.187. The number of aliphatic carboxylic acids is 1. The smallest absolute Gasteiger partial charge is 0.323 e. The van der Waals surface area contributed by atoms with Gasteiger partial charge in [-0.25, -0.2) is 18.4 Å². The van der Waals surface area contributed by atoms with Crippen molar-refractivity contribution < 1.29 is 23.1 Å². The van der Waals surface area contributed by atoms with Crippen molar-refractivity contribution in [3.63, 3.8) is 0 Å². The fourth-order valence-electron chi connectivity index (χ4n) is 7.98. The lowest BCUT2D eigenvalue weighted by Crippen LogP contribution is -2.43. The largest absolute Gasteiger partial charge is 0.480 e. The first-order valence-electron chi connectivity index (χ1n) is 17.4. The van der Waals surface area contributed by atoms with E-state index < -0.39 is 35.0 Å². The number of allylic oxidation sites excluding steroid dienone is 2. The Bertz CT molecular complexity index is 2000. The van der Waals surface area contributed by atoms with Crippen LogP contribution in [-0.2, 0) is 26.2 Å². The number of sulfonamides is 1. The third-order valence-corrected chi connectivity index (χ3v) is 12.6. The number of rotatable bonds is 10. The summed E-state index contributed by atoms with van der Waals surface area (Å²) >= 11 is 0. The lowest BCUT2D eigenvalue weighted by atomic mass is 9.71. The number of hydrogen-bond donors (Lipinski definition) is 1. The second-order valence-electron chi connectivity index (χ2n) is 13.7. The molecule has 1 N–H and O–H groups in total. The van der Waals surface area contributed by atoms with E-state index in [-0.39, 0.29) is 11.4 Å². The van der Waals surface area contributed by atoms with E-state index in [1.807, 2.05) is 48.8 Å². The second kappa shape index (κ2) is 13.7. The number of benzene rings is 3. The van der Waals surface area contributed by atoms with E-state index in [1.54, 1.807) is 18.2 Å². The predicted molar refractivity (Wildman–Crippen MR) is 190 cm³/mol. The Hall–Kier alpha value is -4.57. The molecule has 10 heteroatoms. The molecule has 254 valence electrons. The zero-order valence-electron chi connectivity index (χ0n) is 27.8. The van der Waals surface area contributed by atoms with Crippen LogP contribution in [0.2, 0.25) is 0 Å². The van der Waals surface area contributed by atoms with Gasteiger partial charge in [0.1, 0.15) is 13.1 Å². The molecule has 1 aliphatic heterocycles. The first-order chi connectivity index (χ1) is 23.7. The molecule has 1 amide bonds. The monoisotopic (exact) mass is 678 g/mol. The Labute approximate surface area is 287 Å². The first kappa shape index (κ1) is 33.0. The Morgan fingerprint density at radius 1 is 0.898 bits per heavy atom. The molecule has 3 aliphatic rings. The van der Waals surface area contributed by atoms with Crippen molar-refractivity contribution in [3.8, 4) is 11.4 Å². The minimum Gasteiger partial charge on any atom is -0.480 e. The van der Waals surface area contributed by atoms with Crippen LogP contribution >= 0.6 is 0 Å². The highest BCUT2D eigenvalue weighted by Crippen LogP contribution is 2.43. The number of amides is 1. The van der Waals surface area contributed by atoms with Crippen LogP contribution in [0, 0.1) is 17.8 Å². The van der Waals surface area contributed by atoms with Gasteiger partial charge in [0.25, 0.3) is 10.0 Å². The van der Waals surface area contributed by atoms with Crippen molar-refractivity contribution in [1.29, 1.82) is 0 Å². The molecule has 0 bridgehead atoms. The minimum absolute atomic E-state index is 0.00539. The van der Waals surface area contributed by atoms with Gasteiger partial charge in [-0.1, -0.05) is 80.8 Å². The summed E-state index contributed by atoms with van der Waals surface area (Å²) in [6.45, 7) is 1.26. The molecule has 2 heterocycles. The molecule has 4 aromatic rings. The number of anilines is 1. The SMILES string of the molecule is CC[C@H]1CC[C@H](C2CC=C(c3cnc(-c4ccc(CN(CC(=O)O)C(=O)CN5c6cccc7cccc(c67)S5(=O)=O)cc4)nc3)CC2)CC1. The molecule has 9 nitrogen and oxygen atoms in total. The standard InChI is InChI=1S/C39H42N4O5S/c1-2-26-9-13-28(14-10-26)29-17-19-30(20-18-29)33-21-40-39(41-22-33)32-15-11-27(12-16-32)23-42(25-37(45)46)36(44)24-43-34-7-3-5-31-6-4-8-35(38(31)34)49(43,47)48/h3-8,11-12,15-16,19,21-22,26,28-29H,2,9-10,13-14,17-18,20,23-25H2,1H3,(H,45,46)/t26-,28-,29?. The first-order valence-corrected chi connectivity index (χ1v) is 18.8. The lowest BCUT2D eigenvalue weighted by molar-refractivity contribution is -0.144. The van der Waals surface area contributed by atoms with E-state index in [0.717, 1.165) is 51.4 Å². The van der Waals surface area contributed by atoms with E-state index in [9.17, 15) is 23.1 Å². The van der Waals surface area contributed by atoms with Gasteiger partial charge in [-0.05, 0) is 78.5 Å². The van der Waals surface area contributed by atoms with Gasteiger partial charge in [-0.2, -0.15) is 0 Å². The van der Waals surface area contributed by atoms with Gasteiger partial charge in [0.05, 0.1) is 10.6 Å². The highest BCUT2D eigenvalue weighted by Gasteiger charge is 2.37. The fraction of sp³-hybridized carbons (Fsp3) is 0.385. The average molecular weight is 679 g/mol. The third kappa shape index (κ3) is 6.71. The van der Waals surface area contributed by atoms with E-state index in [1.165, 1.54) is 55.1 Å². The van der Waals surface area contributed by atoms with Crippen LogP contribution in [0.25, 0.3) is 27.7 Å². The number of carboxylic acid groups (broad SMARTS) is 1. The van der Waals surface area contributed by atoms with Gasteiger partial charge < -0.3 is 10.0 Å². The summed E-state index contributed by atoms with van der Waals surface area (Å²) in [5, 5.41) is 10.9. The summed E-state index contributed by atoms with van der Waals surface area (Å²) in [5.41, 5.74) is 4.32. The van der Waals surface area contributed by atoms with E-state index in [2.05, 4.69) is 23.0 Å². The van der Waals surface area contributed by atoms with Crippen LogP contribution in [0.1, 0.15) is 69.4 Å². The number of carbonyl (C=O) groups excluding carboxylic acids is 1. The topological polar surface area (TPSA) is 121 Å². The molecule has 1 atom stereocenters. The number of nitrogens with zero attached hydrogens (tertiary/aromatic N) is 4. The predicted octanol–water partition coefficient (Wildman–Crippen LogP) is 7.32. The van der Waals surface area contributed by atoms with Gasteiger partial charge >= 0.3 is 5.97 Å². The Kier molecular flexibility index (Phi) is 9.24. The molecule has 0 saturated heterocycles. The molecule has 1 aromatic heterocycles. The van der Waals surface area contributed by atoms with Gasteiger partial charge in [0.2, 0.25) is 5.91 Å². The number of carbonyl (C=O) groups is 2.